The molecule has 4 rings (SSSR count). The first-order valence-electron chi connectivity index (χ1n) is 12.9. The molecule has 3 saturated heterocycles. The molecule has 1 aromatic rings. The van der Waals surface area contributed by atoms with Crippen LogP contribution in [0, 0.1) is 25.7 Å². The van der Waals surface area contributed by atoms with Gasteiger partial charge in [0.05, 0.1) is 30.8 Å². The second-order valence-corrected chi connectivity index (χ2v) is 10.5. The van der Waals surface area contributed by atoms with Crippen LogP contribution < -0.4 is 4.90 Å². The topological polar surface area (TPSA) is 96.4 Å². The Morgan fingerprint density at radius 3 is 2.67 bits per heavy atom. The van der Waals surface area contributed by atoms with Crippen molar-refractivity contribution < 1.29 is 29.0 Å². The zero-order valence-electron chi connectivity index (χ0n) is 22.0. The minimum absolute atomic E-state index is 0.194. The van der Waals surface area contributed by atoms with Crippen LogP contribution in [-0.2, 0) is 23.9 Å². The van der Waals surface area contributed by atoms with Crippen LogP contribution in [0.3, 0.4) is 0 Å². The summed E-state index contributed by atoms with van der Waals surface area (Å²) >= 11 is 0. The average molecular weight is 499 g/mol. The van der Waals surface area contributed by atoms with E-state index in [0.717, 1.165) is 16.8 Å². The molecule has 2 bridgehead atoms. The van der Waals surface area contributed by atoms with E-state index in [-0.39, 0.29) is 31.6 Å². The summed E-state index contributed by atoms with van der Waals surface area (Å²) < 4.78 is 12.0. The van der Waals surface area contributed by atoms with Gasteiger partial charge in [-0.25, -0.2) is 0 Å². The van der Waals surface area contributed by atoms with E-state index in [4.69, 9.17) is 9.47 Å². The molecule has 196 valence electrons. The van der Waals surface area contributed by atoms with Gasteiger partial charge >= 0.3 is 5.97 Å². The van der Waals surface area contributed by atoms with Crippen LogP contribution in [-0.4, -0.2) is 70.8 Å². The zero-order chi connectivity index (χ0) is 26.4. The van der Waals surface area contributed by atoms with E-state index < -0.39 is 41.1 Å². The second-order valence-electron chi connectivity index (χ2n) is 10.5. The third kappa shape index (κ3) is 3.77. The van der Waals surface area contributed by atoms with Crippen molar-refractivity contribution in [3.63, 3.8) is 0 Å². The molecule has 3 aliphatic heterocycles. The minimum atomic E-state index is -1.17. The summed E-state index contributed by atoms with van der Waals surface area (Å²) in [5.74, 6) is -2.73. The highest BCUT2D eigenvalue weighted by atomic mass is 16.6. The number of aliphatic hydroxyl groups is 1. The number of rotatable bonds is 9. The molecule has 0 aliphatic carbocycles. The predicted octanol–water partition coefficient (Wildman–Crippen LogP) is 2.92. The van der Waals surface area contributed by atoms with Gasteiger partial charge in [0.15, 0.2) is 0 Å². The molecule has 0 radical (unpaired) electrons. The molecule has 0 aromatic heterocycles. The Balaban J connectivity index is 1.87. The van der Waals surface area contributed by atoms with Crippen LogP contribution >= 0.6 is 0 Å². The third-order valence-electron chi connectivity index (χ3n) is 8.30. The van der Waals surface area contributed by atoms with Crippen molar-refractivity contribution in [3.8, 4) is 0 Å². The van der Waals surface area contributed by atoms with Gasteiger partial charge in [-0.05, 0) is 64.2 Å². The van der Waals surface area contributed by atoms with E-state index in [1.165, 1.54) is 4.90 Å². The maximum Gasteiger partial charge on any atom is 0.312 e. The second kappa shape index (κ2) is 9.63. The van der Waals surface area contributed by atoms with Gasteiger partial charge in [0.2, 0.25) is 5.91 Å². The molecule has 6 atom stereocenters. The average Bonchev–Trinajstić information content (AvgIpc) is 3.41. The number of amides is 2. The molecule has 1 aromatic carbocycles. The van der Waals surface area contributed by atoms with Crippen molar-refractivity contribution in [2.75, 3.05) is 24.7 Å². The summed E-state index contributed by atoms with van der Waals surface area (Å²) in [6, 6.07) is 4.35. The number of benzene rings is 1. The normalized spacial score (nSPS) is 31.3. The summed E-state index contributed by atoms with van der Waals surface area (Å²) in [6.07, 6.45) is 3.13. The molecule has 1 N–H and O–H groups in total. The van der Waals surface area contributed by atoms with Crippen LogP contribution in [0.5, 0.6) is 0 Å². The highest BCUT2D eigenvalue weighted by Gasteiger charge is 2.79. The van der Waals surface area contributed by atoms with Gasteiger partial charge in [0.25, 0.3) is 5.91 Å². The van der Waals surface area contributed by atoms with Gasteiger partial charge < -0.3 is 24.4 Å². The standard InChI is InChI=1S/C28H38N2O6/c1-7-14-29(20-15-17(4)10-11-18(20)5)25(33)23-28-13-12-27(6,36-28)22(26(34)35-9-3)21(28)24(32)30(23)19(8-2)16-31/h7,10-11,15,19,21-23,31H,1,8-9,12-14,16H2,2-6H3/t19-,21-,22-,23?,27+,28?/m0/s1. The van der Waals surface area contributed by atoms with Crippen LogP contribution in [0.1, 0.15) is 51.2 Å². The molecule has 36 heavy (non-hydrogen) atoms. The first kappa shape index (κ1) is 26.4. The Bertz CT molecular complexity index is 1070. The fraction of sp³-hybridized carbons (Fsp3) is 0.607. The molecular weight excluding hydrogens is 460 g/mol. The summed E-state index contributed by atoms with van der Waals surface area (Å²) in [5, 5.41) is 10.2. The molecule has 3 fully saturated rings. The Morgan fingerprint density at radius 1 is 1.33 bits per heavy atom. The smallest absolute Gasteiger partial charge is 0.312 e. The van der Waals surface area contributed by atoms with Crippen molar-refractivity contribution in [2.24, 2.45) is 11.8 Å². The lowest BCUT2D eigenvalue weighted by molar-refractivity contribution is -0.160. The molecule has 2 amide bonds. The number of aliphatic hydroxyl groups excluding tert-OH is 1. The van der Waals surface area contributed by atoms with Crippen molar-refractivity contribution in [3.05, 3.63) is 42.0 Å². The van der Waals surface area contributed by atoms with Crippen molar-refractivity contribution >= 4 is 23.5 Å². The van der Waals surface area contributed by atoms with Gasteiger partial charge in [-0.2, -0.15) is 0 Å². The van der Waals surface area contributed by atoms with Gasteiger partial charge in [0, 0.05) is 12.2 Å². The molecule has 1 spiro atoms. The SMILES string of the molecule is C=CCN(C(=O)C1N([C@@H](CC)CO)C(=O)[C@@H]2[C@@H](C(=O)OCC)[C@@]3(C)CCC12O3)c1cc(C)ccc1C. The van der Waals surface area contributed by atoms with Crippen LogP contribution in [0.25, 0.3) is 0 Å². The highest BCUT2D eigenvalue weighted by Crippen LogP contribution is 2.63. The van der Waals surface area contributed by atoms with Gasteiger partial charge in [-0.15, -0.1) is 6.58 Å². The Kier molecular flexibility index (Phi) is 7.05. The van der Waals surface area contributed by atoms with Gasteiger partial charge in [-0.1, -0.05) is 25.1 Å². The monoisotopic (exact) mass is 498 g/mol. The van der Waals surface area contributed by atoms with E-state index in [1.54, 1.807) is 17.9 Å². The number of anilines is 1. The lowest BCUT2D eigenvalue weighted by Crippen LogP contribution is -2.59. The largest absolute Gasteiger partial charge is 0.466 e. The number of hydrogen-bond donors (Lipinski definition) is 1. The molecular formula is C28H38N2O6. The molecule has 8 heteroatoms. The predicted molar refractivity (Wildman–Crippen MR) is 135 cm³/mol. The number of aryl methyl sites for hydroxylation is 2. The fourth-order valence-electron chi connectivity index (χ4n) is 6.63. The number of ether oxygens (including phenoxy) is 2. The van der Waals surface area contributed by atoms with Crippen molar-refractivity contribution in [1.29, 1.82) is 0 Å². The summed E-state index contributed by atoms with van der Waals surface area (Å²) in [5.41, 5.74) is 0.608. The zero-order valence-corrected chi connectivity index (χ0v) is 22.0. The van der Waals surface area contributed by atoms with E-state index >= 15 is 0 Å². The van der Waals surface area contributed by atoms with Crippen LogP contribution in [0.2, 0.25) is 0 Å². The molecule has 2 unspecified atom stereocenters. The first-order valence-corrected chi connectivity index (χ1v) is 12.9. The van der Waals surface area contributed by atoms with E-state index in [0.29, 0.717) is 19.3 Å². The van der Waals surface area contributed by atoms with Crippen LogP contribution in [0.15, 0.2) is 30.9 Å². The Labute approximate surface area is 213 Å². The highest BCUT2D eigenvalue weighted by molar-refractivity contribution is 6.05. The first-order chi connectivity index (χ1) is 17.1. The molecule has 3 heterocycles. The van der Waals surface area contributed by atoms with Crippen molar-refractivity contribution in [2.45, 2.75) is 77.2 Å². The number of hydrogen-bond acceptors (Lipinski definition) is 6. The van der Waals surface area contributed by atoms with Gasteiger partial charge in [-0.3, -0.25) is 14.4 Å². The van der Waals surface area contributed by atoms with Gasteiger partial charge in [0.1, 0.15) is 17.6 Å². The Morgan fingerprint density at radius 2 is 2.06 bits per heavy atom. The third-order valence-corrected chi connectivity index (χ3v) is 8.30. The molecule has 0 saturated carbocycles. The summed E-state index contributed by atoms with van der Waals surface area (Å²) in [6.45, 7) is 13.4. The maximum absolute atomic E-state index is 14.5. The number of nitrogens with zero attached hydrogens (tertiary/aromatic N) is 2. The number of carbonyl (C=O) groups excluding carboxylic acids is 3. The van der Waals surface area contributed by atoms with E-state index in [9.17, 15) is 19.5 Å². The van der Waals surface area contributed by atoms with E-state index in [2.05, 4.69) is 6.58 Å². The quantitative estimate of drug-likeness (QED) is 0.416. The van der Waals surface area contributed by atoms with Crippen LogP contribution in [0.4, 0.5) is 5.69 Å². The van der Waals surface area contributed by atoms with Crippen molar-refractivity contribution in [1.82, 2.24) is 4.90 Å². The number of fused-ring (bicyclic) bond motifs is 1. The molecule has 8 nitrogen and oxygen atoms in total. The Hall–Kier alpha value is -2.71. The minimum Gasteiger partial charge on any atom is -0.466 e. The molecule has 3 aliphatic rings. The lowest BCUT2D eigenvalue weighted by atomic mass is 9.66. The number of likely N-dealkylation sites (tertiary alicyclic amines) is 1. The fourth-order valence-corrected chi connectivity index (χ4v) is 6.63. The number of esters is 1. The maximum atomic E-state index is 14.5. The summed E-state index contributed by atoms with van der Waals surface area (Å²) in [7, 11) is 0. The van der Waals surface area contributed by atoms with E-state index in [1.807, 2.05) is 45.9 Å². The lowest BCUT2D eigenvalue weighted by Gasteiger charge is -2.39. The number of carbonyl (C=O) groups is 3. The summed E-state index contributed by atoms with van der Waals surface area (Å²) in [4.78, 5) is 44.9.